The first-order chi connectivity index (χ1) is 12.1. The summed E-state index contributed by atoms with van der Waals surface area (Å²) in [6, 6.07) is 8.60. The number of fused-ring (bicyclic) bond motifs is 1. The number of hydrogen-bond donors (Lipinski definition) is 1. The Morgan fingerprint density at radius 1 is 1.16 bits per heavy atom. The minimum absolute atomic E-state index is 0.277. The standard InChI is InChI=1S/C18H28N4O2S/c1-2-19-18(20-8-10-21-11-13-25(23,24)14-12-21)22-9-7-16-5-3-4-6-17(16)15-22/h3-6H,2,7-15H2,1H3,(H,19,20). The Bertz CT molecular complexity index is 704. The minimum Gasteiger partial charge on any atom is -0.357 e. The van der Waals surface area contributed by atoms with E-state index in [0.29, 0.717) is 19.6 Å². The van der Waals surface area contributed by atoms with Gasteiger partial charge in [-0.25, -0.2) is 8.42 Å². The summed E-state index contributed by atoms with van der Waals surface area (Å²) >= 11 is 0. The highest BCUT2D eigenvalue weighted by molar-refractivity contribution is 7.91. The van der Waals surface area contributed by atoms with Crippen molar-refractivity contribution in [3.63, 3.8) is 0 Å². The number of benzene rings is 1. The lowest BCUT2D eigenvalue weighted by molar-refractivity contribution is 0.302. The van der Waals surface area contributed by atoms with E-state index >= 15 is 0 Å². The molecule has 0 aromatic heterocycles. The lowest BCUT2D eigenvalue weighted by Crippen LogP contribution is -2.45. The number of sulfone groups is 1. The molecule has 25 heavy (non-hydrogen) atoms. The average molecular weight is 365 g/mol. The summed E-state index contributed by atoms with van der Waals surface area (Å²) in [5.74, 6) is 1.51. The zero-order chi connectivity index (χ0) is 17.7. The molecule has 1 saturated heterocycles. The van der Waals surface area contributed by atoms with Gasteiger partial charge in [0.25, 0.3) is 0 Å². The predicted octanol–water partition coefficient (Wildman–Crippen LogP) is 0.741. The summed E-state index contributed by atoms with van der Waals surface area (Å²) in [6.45, 7) is 7.57. The molecule has 0 bridgehead atoms. The maximum absolute atomic E-state index is 11.5. The Labute approximate surface area is 150 Å². The fourth-order valence-corrected chi connectivity index (χ4v) is 4.65. The molecule has 0 spiro atoms. The van der Waals surface area contributed by atoms with E-state index in [2.05, 4.69) is 46.3 Å². The monoisotopic (exact) mass is 364 g/mol. The van der Waals surface area contributed by atoms with Gasteiger partial charge in [-0.2, -0.15) is 0 Å². The van der Waals surface area contributed by atoms with Crippen molar-refractivity contribution in [1.82, 2.24) is 15.1 Å². The SMILES string of the molecule is CCNC(=NCCN1CCS(=O)(=O)CC1)N1CCc2ccccc2C1. The molecule has 6 nitrogen and oxygen atoms in total. The molecular weight excluding hydrogens is 336 g/mol. The normalized spacial score (nSPS) is 21.0. The third kappa shape index (κ3) is 4.95. The van der Waals surface area contributed by atoms with Crippen molar-refractivity contribution in [2.45, 2.75) is 19.9 Å². The van der Waals surface area contributed by atoms with E-state index in [9.17, 15) is 8.42 Å². The molecule has 2 heterocycles. The summed E-state index contributed by atoms with van der Waals surface area (Å²) in [5, 5.41) is 3.40. The van der Waals surface area contributed by atoms with E-state index in [-0.39, 0.29) is 11.5 Å². The van der Waals surface area contributed by atoms with Crippen LogP contribution < -0.4 is 5.32 Å². The Morgan fingerprint density at radius 3 is 2.60 bits per heavy atom. The van der Waals surface area contributed by atoms with Crippen LogP contribution in [0.5, 0.6) is 0 Å². The second-order valence-electron chi connectivity index (χ2n) is 6.67. The van der Waals surface area contributed by atoms with E-state index in [1.807, 2.05) is 0 Å². The minimum atomic E-state index is -2.81. The molecule has 0 atom stereocenters. The lowest BCUT2D eigenvalue weighted by Gasteiger charge is -2.32. The van der Waals surface area contributed by atoms with E-state index in [1.165, 1.54) is 11.1 Å². The van der Waals surface area contributed by atoms with Gasteiger partial charge in [-0.3, -0.25) is 9.89 Å². The second-order valence-corrected chi connectivity index (χ2v) is 8.97. The smallest absolute Gasteiger partial charge is 0.194 e. The van der Waals surface area contributed by atoms with Crippen molar-refractivity contribution in [1.29, 1.82) is 0 Å². The van der Waals surface area contributed by atoms with Gasteiger partial charge in [0.2, 0.25) is 0 Å². The average Bonchev–Trinajstić information content (AvgIpc) is 2.62. The van der Waals surface area contributed by atoms with Gasteiger partial charge in [0.05, 0.1) is 18.1 Å². The zero-order valence-electron chi connectivity index (χ0n) is 14.9. The van der Waals surface area contributed by atoms with Crippen LogP contribution in [0, 0.1) is 0 Å². The van der Waals surface area contributed by atoms with Gasteiger partial charge in [0, 0.05) is 39.3 Å². The maximum Gasteiger partial charge on any atom is 0.194 e. The van der Waals surface area contributed by atoms with Gasteiger partial charge in [0.15, 0.2) is 15.8 Å². The Morgan fingerprint density at radius 2 is 1.88 bits per heavy atom. The van der Waals surface area contributed by atoms with Gasteiger partial charge in [-0.15, -0.1) is 0 Å². The highest BCUT2D eigenvalue weighted by Crippen LogP contribution is 2.18. The van der Waals surface area contributed by atoms with Crippen LogP contribution in [0.3, 0.4) is 0 Å². The quantitative estimate of drug-likeness (QED) is 0.631. The highest BCUT2D eigenvalue weighted by Gasteiger charge is 2.21. The van der Waals surface area contributed by atoms with Crippen LogP contribution in [-0.4, -0.2) is 75.0 Å². The van der Waals surface area contributed by atoms with E-state index in [1.54, 1.807) is 0 Å². The van der Waals surface area contributed by atoms with Gasteiger partial charge >= 0.3 is 0 Å². The molecule has 1 aromatic carbocycles. The van der Waals surface area contributed by atoms with Crippen LogP contribution in [0.4, 0.5) is 0 Å². The number of hydrogen-bond acceptors (Lipinski definition) is 4. The zero-order valence-corrected chi connectivity index (χ0v) is 15.8. The van der Waals surface area contributed by atoms with Crippen LogP contribution in [0.2, 0.25) is 0 Å². The molecule has 1 aromatic rings. The molecular formula is C18H28N4O2S. The summed E-state index contributed by atoms with van der Waals surface area (Å²) in [6.07, 6.45) is 1.05. The van der Waals surface area contributed by atoms with E-state index in [4.69, 9.17) is 4.99 Å². The molecule has 0 amide bonds. The van der Waals surface area contributed by atoms with Gasteiger partial charge in [-0.1, -0.05) is 24.3 Å². The predicted molar refractivity (Wildman–Crippen MR) is 102 cm³/mol. The molecule has 2 aliphatic heterocycles. The molecule has 7 heteroatoms. The summed E-state index contributed by atoms with van der Waals surface area (Å²) in [7, 11) is -2.81. The summed E-state index contributed by atoms with van der Waals surface area (Å²) in [4.78, 5) is 9.29. The van der Waals surface area contributed by atoms with Crippen LogP contribution in [0.1, 0.15) is 18.1 Å². The molecule has 138 valence electrons. The van der Waals surface area contributed by atoms with Crippen molar-refractivity contribution in [3.05, 3.63) is 35.4 Å². The number of rotatable bonds is 4. The molecule has 0 unspecified atom stereocenters. The largest absolute Gasteiger partial charge is 0.357 e. The first-order valence-electron chi connectivity index (χ1n) is 9.10. The van der Waals surface area contributed by atoms with Gasteiger partial charge < -0.3 is 10.2 Å². The van der Waals surface area contributed by atoms with Crippen LogP contribution >= 0.6 is 0 Å². The van der Waals surface area contributed by atoms with Gasteiger partial charge in [0.1, 0.15) is 0 Å². The maximum atomic E-state index is 11.5. The number of guanidine groups is 1. The second kappa shape index (κ2) is 8.19. The van der Waals surface area contributed by atoms with Gasteiger partial charge in [-0.05, 0) is 24.5 Å². The Balaban J connectivity index is 1.57. The van der Waals surface area contributed by atoms with Crippen molar-refractivity contribution < 1.29 is 8.42 Å². The van der Waals surface area contributed by atoms with Crippen LogP contribution in [0.15, 0.2) is 29.3 Å². The number of nitrogens with zero attached hydrogens (tertiary/aromatic N) is 3. The van der Waals surface area contributed by atoms with Crippen molar-refractivity contribution >= 4 is 15.8 Å². The topological polar surface area (TPSA) is 65.0 Å². The molecule has 1 fully saturated rings. The fourth-order valence-electron chi connectivity index (χ4n) is 3.37. The molecule has 0 saturated carbocycles. The van der Waals surface area contributed by atoms with Crippen LogP contribution in [-0.2, 0) is 22.8 Å². The summed E-state index contributed by atoms with van der Waals surface area (Å²) in [5.41, 5.74) is 2.81. The fraction of sp³-hybridized carbons (Fsp3) is 0.611. The molecule has 1 N–H and O–H groups in total. The Kier molecular flexibility index (Phi) is 5.96. The van der Waals surface area contributed by atoms with Crippen molar-refractivity contribution in [3.8, 4) is 0 Å². The number of nitrogens with one attached hydrogen (secondary N) is 1. The van der Waals surface area contributed by atoms with Crippen molar-refractivity contribution in [2.75, 3.05) is 50.8 Å². The third-order valence-electron chi connectivity index (χ3n) is 4.88. The first kappa shape index (κ1) is 18.2. The third-order valence-corrected chi connectivity index (χ3v) is 6.49. The molecule has 0 radical (unpaired) electrons. The lowest BCUT2D eigenvalue weighted by atomic mass is 10.0. The Hall–Kier alpha value is -1.60. The van der Waals surface area contributed by atoms with Crippen LogP contribution in [0.25, 0.3) is 0 Å². The first-order valence-corrected chi connectivity index (χ1v) is 10.9. The highest BCUT2D eigenvalue weighted by atomic mass is 32.2. The van der Waals surface area contributed by atoms with E-state index in [0.717, 1.165) is 38.6 Å². The van der Waals surface area contributed by atoms with E-state index < -0.39 is 9.84 Å². The molecule has 0 aliphatic carbocycles. The van der Waals surface area contributed by atoms with Crippen molar-refractivity contribution in [2.24, 2.45) is 4.99 Å². The number of aliphatic imine (C=N–C) groups is 1. The molecule has 3 rings (SSSR count). The summed E-state index contributed by atoms with van der Waals surface area (Å²) < 4.78 is 23.0. The molecule has 2 aliphatic rings.